The van der Waals surface area contributed by atoms with E-state index >= 15 is 0 Å². The molecule has 1 heterocycles. The second kappa shape index (κ2) is 4.35. The average molecular weight is 219 g/mol. The largest absolute Gasteiger partial charge is 0.481 e. The van der Waals surface area contributed by atoms with Gasteiger partial charge in [-0.3, -0.25) is 4.79 Å². The van der Waals surface area contributed by atoms with Gasteiger partial charge in [-0.2, -0.15) is 0 Å². The highest BCUT2D eigenvalue weighted by atomic mass is 16.4. The summed E-state index contributed by atoms with van der Waals surface area (Å²) < 4.78 is 5.50. The smallest absolute Gasteiger partial charge is 0.303 e. The van der Waals surface area contributed by atoms with Crippen LogP contribution in [-0.4, -0.2) is 16.1 Å². The summed E-state index contributed by atoms with van der Waals surface area (Å²) in [6.07, 6.45) is 1.51. The van der Waals surface area contributed by atoms with Crippen LogP contribution in [0.25, 0.3) is 11.1 Å². The van der Waals surface area contributed by atoms with Crippen LogP contribution in [0.2, 0.25) is 0 Å². The quantitative estimate of drug-likeness (QED) is 0.858. The maximum absolute atomic E-state index is 10.4. The van der Waals surface area contributed by atoms with Crippen molar-refractivity contribution >= 4 is 17.1 Å². The van der Waals surface area contributed by atoms with Crippen LogP contribution in [0.1, 0.15) is 24.3 Å². The lowest BCUT2D eigenvalue weighted by Crippen LogP contribution is -1.96. The predicted octanol–water partition coefficient (Wildman–Crippen LogP) is 2.54. The van der Waals surface area contributed by atoms with E-state index in [2.05, 4.69) is 4.98 Å². The molecule has 0 bridgehead atoms. The number of aryl methyl sites for hydroxylation is 2. The number of aromatic nitrogens is 1. The van der Waals surface area contributed by atoms with Crippen LogP contribution in [0.3, 0.4) is 0 Å². The van der Waals surface area contributed by atoms with Gasteiger partial charge in [0.05, 0.1) is 0 Å². The average Bonchev–Trinajstić information content (AvgIpc) is 2.58. The summed E-state index contributed by atoms with van der Waals surface area (Å²) in [7, 11) is 0. The number of carbonyl (C=O) groups is 1. The molecule has 0 saturated carbocycles. The molecule has 2 rings (SSSR count). The third-order valence-electron chi connectivity index (χ3n) is 2.44. The molecule has 1 aromatic heterocycles. The minimum absolute atomic E-state index is 0.184. The van der Waals surface area contributed by atoms with Gasteiger partial charge < -0.3 is 9.52 Å². The summed E-state index contributed by atoms with van der Waals surface area (Å²) in [5.74, 6) is -0.124. The first kappa shape index (κ1) is 10.7. The molecule has 0 aliphatic rings. The van der Waals surface area contributed by atoms with E-state index in [0.29, 0.717) is 18.7 Å². The first-order valence-corrected chi connectivity index (χ1v) is 5.23. The molecule has 0 saturated heterocycles. The minimum Gasteiger partial charge on any atom is -0.481 e. The highest BCUT2D eigenvalue weighted by molar-refractivity contribution is 5.76. The van der Waals surface area contributed by atoms with Crippen LogP contribution >= 0.6 is 0 Å². The van der Waals surface area contributed by atoms with Gasteiger partial charge in [0.2, 0.25) is 0 Å². The van der Waals surface area contributed by atoms with Crippen LogP contribution in [0.4, 0.5) is 0 Å². The van der Waals surface area contributed by atoms with Gasteiger partial charge >= 0.3 is 5.97 Å². The topological polar surface area (TPSA) is 63.3 Å². The van der Waals surface area contributed by atoms with Gasteiger partial charge in [0.25, 0.3) is 0 Å². The first-order chi connectivity index (χ1) is 7.66. The van der Waals surface area contributed by atoms with Crippen molar-refractivity contribution in [3.63, 3.8) is 0 Å². The van der Waals surface area contributed by atoms with Crippen molar-refractivity contribution in [1.82, 2.24) is 4.98 Å². The number of hydrogen-bond donors (Lipinski definition) is 1. The van der Waals surface area contributed by atoms with E-state index in [4.69, 9.17) is 9.52 Å². The number of carboxylic acid groups (broad SMARTS) is 1. The molecular formula is C12H13NO3. The number of rotatable bonds is 4. The number of para-hydroxylation sites is 1. The molecule has 0 radical (unpaired) electrons. The Labute approximate surface area is 92.9 Å². The van der Waals surface area contributed by atoms with Crippen molar-refractivity contribution in [3.05, 3.63) is 29.7 Å². The standard InChI is InChI=1S/C12H13NO3/c1-8-13-10-6-2-4-9(12(10)16-8)5-3-7-11(14)15/h2,4,6H,3,5,7H2,1H3,(H,14,15). The molecule has 1 aromatic carbocycles. The molecular weight excluding hydrogens is 206 g/mol. The SMILES string of the molecule is Cc1nc2cccc(CCCC(=O)O)c2o1. The van der Waals surface area contributed by atoms with Crippen molar-refractivity contribution in [1.29, 1.82) is 0 Å². The highest BCUT2D eigenvalue weighted by Crippen LogP contribution is 2.21. The number of aliphatic carboxylic acids is 1. The molecule has 1 N–H and O–H groups in total. The monoisotopic (exact) mass is 219 g/mol. The molecule has 2 aromatic rings. The van der Waals surface area contributed by atoms with E-state index in [-0.39, 0.29) is 6.42 Å². The normalized spacial score (nSPS) is 10.8. The molecule has 0 spiro atoms. The summed E-state index contributed by atoms with van der Waals surface area (Å²) in [4.78, 5) is 14.7. The molecule has 16 heavy (non-hydrogen) atoms. The highest BCUT2D eigenvalue weighted by Gasteiger charge is 2.07. The van der Waals surface area contributed by atoms with Crippen molar-refractivity contribution in [2.45, 2.75) is 26.2 Å². The Kier molecular flexibility index (Phi) is 2.90. The second-order valence-electron chi connectivity index (χ2n) is 3.75. The molecule has 0 amide bonds. The Morgan fingerprint density at radius 1 is 1.50 bits per heavy atom. The number of nitrogens with zero attached hydrogens (tertiary/aromatic N) is 1. The molecule has 0 fully saturated rings. The van der Waals surface area contributed by atoms with E-state index in [1.54, 1.807) is 6.92 Å². The maximum Gasteiger partial charge on any atom is 0.303 e. The molecule has 84 valence electrons. The van der Waals surface area contributed by atoms with Crippen molar-refractivity contribution in [2.24, 2.45) is 0 Å². The Bertz CT molecular complexity index is 516. The van der Waals surface area contributed by atoms with Gasteiger partial charge in [-0.05, 0) is 24.5 Å². The van der Waals surface area contributed by atoms with Gasteiger partial charge in [-0.15, -0.1) is 0 Å². The van der Waals surface area contributed by atoms with E-state index < -0.39 is 5.97 Å². The summed E-state index contributed by atoms with van der Waals surface area (Å²) in [5, 5.41) is 8.57. The third-order valence-corrected chi connectivity index (χ3v) is 2.44. The molecule has 4 heteroatoms. The van der Waals surface area contributed by atoms with Crippen molar-refractivity contribution in [2.75, 3.05) is 0 Å². The summed E-state index contributed by atoms with van der Waals surface area (Å²) in [6.45, 7) is 1.81. The Morgan fingerprint density at radius 2 is 2.31 bits per heavy atom. The minimum atomic E-state index is -0.763. The second-order valence-corrected chi connectivity index (χ2v) is 3.75. The van der Waals surface area contributed by atoms with Gasteiger partial charge in [-0.1, -0.05) is 12.1 Å². The Balaban J connectivity index is 2.20. The summed E-state index contributed by atoms with van der Waals surface area (Å²) in [6, 6.07) is 5.77. The first-order valence-electron chi connectivity index (χ1n) is 5.23. The number of oxazole rings is 1. The van der Waals surface area contributed by atoms with Crippen LogP contribution in [-0.2, 0) is 11.2 Å². The van der Waals surface area contributed by atoms with E-state index in [1.807, 2.05) is 18.2 Å². The molecule has 0 atom stereocenters. The summed E-state index contributed by atoms with van der Waals surface area (Å²) >= 11 is 0. The Hall–Kier alpha value is -1.84. The predicted molar refractivity (Wildman–Crippen MR) is 59.3 cm³/mol. The maximum atomic E-state index is 10.4. The lowest BCUT2D eigenvalue weighted by Gasteiger charge is -1.99. The van der Waals surface area contributed by atoms with E-state index in [9.17, 15) is 4.79 Å². The number of carboxylic acids is 1. The third kappa shape index (κ3) is 2.21. The number of fused-ring (bicyclic) bond motifs is 1. The van der Waals surface area contributed by atoms with Gasteiger partial charge in [-0.25, -0.2) is 4.98 Å². The van der Waals surface area contributed by atoms with Gasteiger partial charge in [0.15, 0.2) is 11.5 Å². The van der Waals surface area contributed by atoms with Crippen LogP contribution in [0.5, 0.6) is 0 Å². The molecule has 4 nitrogen and oxygen atoms in total. The van der Waals surface area contributed by atoms with Crippen LogP contribution < -0.4 is 0 Å². The number of benzene rings is 1. The van der Waals surface area contributed by atoms with Crippen molar-refractivity contribution in [3.8, 4) is 0 Å². The zero-order valence-electron chi connectivity index (χ0n) is 9.06. The van der Waals surface area contributed by atoms with Crippen LogP contribution in [0.15, 0.2) is 22.6 Å². The zero-order chi connectivity index (χ0) is 11.5. The molecule has 0 aliphatic carbocycles. The zero-order valence-corrected chi connectivity index (χ0v) is 9.06. The van der Waals surface area contributed by atoms with E-state index in [1.165, 1.54) is 0 Å². The van der Waals surface area contributed by atoms with Gasteiger partial charge in [0, 0.05) is 13.3 Å². The van der Waals surface area contributed by atoms with Crippen molar-refractivity contribution < 1.29 is 14.3 Å². The molecule has 0 aliphatic heterocycles. The van der Waals surface area contributed by atoms with Gasteiger partial charge in [0.1, 0.15) is 5.52 Å². The fraction of sp³-hybridized carbons (Fsp3) is 0.333. The lowest BCUT2D eigenvalue weighted by atomic mass is 10.1. The van der Waals surface area contributed by atoms with Crippen LogP contribution in [0, 0.1) is 6.92 Å². The molecule has 0 unspecified atom stereocenters. The number of hydrogen-bond acceptors (Lipinski definition) is 3. The lowest BCUT2D eigenvalue weighted by molar-refractivity contribution is -0.137. The fourth-order valence-corrected chi connectivity index (χ4v) is 1.74. The fourth-order valence-electron chi connectivity index (χ4n) is 1.74. The Morgan fingerprint density at radius 3 is 3.06 bits per heavy atom. The van der Waals surface area contributed by atoms with E-state index in [0.717, 1.165) is 16.7 Å². The summed E-state index contributed by atoms with van der Waals surface area (Å²) in [5.41, 5.74) is 2.65.